The molecule has 2 N–H and O–H groups in total. The first-order valence-corrected chi connectivity index (χ1v) is 7.11. The summed E-state index contributed by atoms with van der Waals surface area (Å²) in [7, 11) is 0. The maximum atomic E-state index is 12.2. The molecule has 0 aliphatic rings. The molecule has 0 aliphatic carbocycles. The minimum Gasteiger partial charge on any atom is -0.467 e. The molecule has 20 heavy (non-hydrogen) atoms. The van der Waals surface area contributed by atoms with Crippen LogP contribution < -0.4 is 5.32 Å². The Bertz CT molecular complexity index is 551. The van der Waals surface area contributed by atoms with E-state index in [-0.39, 0.29) is 18.4 Å². The average Bonchev–Trinajstić information content (AvgIpc) is 2.98. The summed E-state index contributed by atoms with van der Waals surface area (Å²) in [6.45, 7) is 1.63. The Morgan fingerprint density at radius 3 is 2.60 bits per heavy atom. The fraction of sp³-hybridized carbons (Fsp3) is 0.267. The van der Waals surface area contributed by atoms with Gasteiger partial charge >= 0.3 is 0 Å². The number of halogens is 1. The Hall–Kier alpha value is -1.59. The van der Waals surface area contributed by atoms with Crippen molar-refractivity contribution in [3.63, 3.8) is 0 Å². The van der Waals surface area contributed by atoms with Crippen molar-refractivity contribution in [1.29, 1.82) is 0 Å². The number of aliphatic hydroxyl groups excluding tert-OH is 1. The Labute approximate surface area is 125 Å². The van der Waals surface area contributed by atoms with E-state index in [4.69, 9.17) is 4.42 Å². The number of rotatable bonds is 5. The minimum absolute atomic E-state index is 0.150. The largest absolute Gasteiger partial charge is 0.467 e. The SMILES string of the molecule is CC(C(=O)NC(CO)c1ccco1)c1ccc(Br)cc1. The lowest BCUT2D eigenvalue weighted by atomic mass is 10.00. The van der Waals surface area contributed by atoms with E-state index in [9.17, 15) is 9.90 Å². The van der Waals surface area contributed by atoms with Crippen LogP contribution in [0.3, 0.4) is 0 Å². The maximum absolute atomic E-state index is 12.2. The molecule has 0 aliphatic heterocycles. The van der Waals surface area contributed by atoms with E-state index in [0.717, 1.165) is 10.0 Å². The molecule has 0 fully saturated rings. The standard InChI is InChI=1S/C15H16BrNO3/c1-10(11-4-6-12(16)7-5-11)15(19)17-13(9-18)14-3-2-8-20-14/h2-8,10,13,18H,9H2,1H3,(H,17,19). The van der Waals surface area contributed by atoms with Crippen LogP contribution in [-0.4, -0.2) is 17.6 Å². The van der Waals surface area contributed by atoms with Gasteiger partial charge in [0.1, 0.15) is 11.8 Å². The van der Waals surface area contributed by atoms with Crippen LogP contribution in [0.15, 0.2) is 51.6 Å². The van der Waals surface area contributed by atoms with Crippen molar-refractivity contribution in [1.82, 2.24) is 5.32 Å². The van der Waals surface area contributed by atoms with E-state index in [2.05, 4.69) is 21.2 Å². The summed E-state index contributed by atoms with van der Waals surface area (Å²) in [5.74, 6) is 0.0961. The maximum Gasteiger partial charge on any atom is 0.227 e. The molecule has 4 nitrogen and oxygen atoms in total. The summed E-state index contributed by atoms with van der Waals surface area (Å²) < 4.78 is 6.18. The number of hydrogen-bond donors (Lipinski definition) is 2. The second kappa shape index (κ2) is 6.72. The summed E-state index contributed by atoms with van der Waals surface area (Å²) in [6.07, 6.45) is 1.52. The minimum atomic E-state index is -0.518. The lowest BCUT2D eigenvalue weighted by Crippen LogP contribution is -2.33. The van der Waals surface area contributed by atoms with E-state index in [0.29, 0.717) is 5.76 Å². The zero-order valence-corrected chi connectivity index (χ0v) is 12.6. The van der Waals surface area contributed by atoms with Gasteiger partial charge in [0.2, 0.25) is 5.91 Å². The van der Waals surface area contributed by atoms with Gasteiger partial charge in [-0.05, 0) is 36.8 Å². The lowest BCUT2D eigenvalue weighted by molar-refractivity contribution is -0.123. The van der Waals surface area contributed by atoms with Gasteiger partial charge in [0.15, 0.2) is 0 Å². The van der Waals surface area contributed by atoms with Gasteiger partial charge in [-0.25, -0.2) is 0 Å². The number of furan rings is 1. The van der Waals surface area contributed by atoms with Crippen molar-refractivity contribution in [2.24, 2.45) is 0 Å². The molecule has 2 rings (SSSR count). The summed E-state index contributed by atoms with van der Waals surface area (Å²) >= 11 is 3.36. The van der Waals surface area contributed by atoms with E-state index in [1.54, 1.807) is 12.1 Å². The fourth-order valence-electron chi connectivity index (χ4n) is 1.90. The first-order chi connectivity index (χ1) is 9.61. The van der Waals surface area contributed by atoms with Crippen molar-refractivity contribution < 1.29 is 14.3 Å². The zero-order chi connectivity index (χ0) is 14.5. The van der Waals surface area contributed by atoms with Crippen molar-refractivity contribution in [3.8, 4) is 0 Å². The third-order valence-electron chi connectivity index (χ3n) is 3.15. The van der Waals surface area contributed by atoms with Gasteiger partial charge in [-0.1, -0.05) is 28.1 Å². The van der Waals surface area contributed by atoms with Crippen molar-refractivity contribution in [2.45, 2.75) is 18.9 Å². The molecule has 2 aromatic rings. The predicted molar refractivity (Wildman–Crippen MR) is 79.2 cm³/mol. The summed E-state index contributed by atoms with van der Waals surface area (Å²) in [5, 5.41) is 12.1. The molecule has 0 spiro atoms. The van der Waals surface area contributed by atoms with Crippen LogP contribution >= 0.6 is 15.9 Å². The molecule has 1 aromatic carbocycles. The molecule has 5 heteroatoms. The fourth-order valence-corrected chi connectivity index (χ4v) is 2.16. The molecule has 0 saturated carbocycles. The van der Waals surface area contributed by atoms with E-state index in [1.807, 2.05) is 31.2 Å². The van der Waals surface area contributed by atoms with Crippen LogP contribution in [0.4, 0.5) is 0 Å². The van der Waals surface area contributed by atoms with Crippen LogP contribution in [0.5, 0.6) is 0 Å². The van der Waals surface area contributed by atoms with Crippen LogP contribution in [0, 0.1) is 0 Å². The topological polar surface area (TPSA) is 62.5 Å². The number of benzene rings is 1. The molecule has 0 bridgehead atoms. The van der Waals surface area contributed by atoms with Gasteiger partial charge in [-0.15, -0.1) is 0 Å². The molecular formula is C15H16BrNO3. The normalized spacial score (nSPS) is 13.8. The van der Waals surface area contributed by atoms with E-state index < -0.39 is 6.04 Å². The number of amides is 1. The highest BCUT2D eigenvalue weighted by Crippen LogP contribution is 2.20. The van der Waals surface area contributed by atoms with Gasteiger partial charge in [0.25, 0.3) is 0 Å². The molecule has 2 atom stereocenters. The monoisotopic (exact) mass is 337 g/mol. The number of carbonyl (C=O) groups excluding carboxylic acids is 1. The molecule has 1 aromatic heterocycles. The Morgan fingerprint density at radius 1 is 1.35 bits per heavy atom. The number of nitrogens with one attached hydrogen (secondary N) is 1. The first-order valence-electron chi connectivity index (χ1n) is 6.32. The Kier molecular flexibility index (Phi) is 4.98. The number of aliphatic hydroxyl groups is 1. The quantitative estimate of drug-likeness (QED) is 0.881. The highest BCUT2D eigenvalue weighted by atomic mass is 79.9. The molecule has 0 radical (unpaired) electrons. The van der Waals surface area contributed by atoms with Crippen LogP contribution in [0.2, 0.25) is 0 Å². The van der Waals surface area contributed by atoms with E-state index in [1.165, 1.54) is 6.26 Å². The number of carbonyl (C=O) groups is 1. The molecule has 1 amide bonds. The molecule has 0 saturated heterocycles. The lowest BCUT2D eigenvalue weighted by Gasteiger charge is -2.18. The third kappa shape index (κ3) is 3.49. The predicted octanol–water partition coefficient (Wildman–Crippen LogP) is 3.00. The molecular weight excluding hydrogens is 322 g/mol. The summed E-state index contributed by atoms with van der Waals surface area (Å²) in [6, 6.07) is 10.5. The van der Waals surface area contributed by atoms with E-state index >= 15 is 0 Å². The first kappa shape index (κ1) is 14.8. The van der Waals surface area contributed by atoms with Gasteiger partial charge in [-0.3, -0.25) is 4.79 Å². The number of hydrogen-bond acceptors (Lipinski definition) is 3. The van der Waals surface area contributed by atoms with Gasteiger partial charge in [0.05, 0.1) is 18.8 Å². The highest BCUT2D eigenvalue weighted by Gasteiger charge is 2.21. The Morgan fingerprint density at radius 2 is 2.05 bits per heavy atom. The zero-order valence-electron chi connectivity index (χ0n) is 11.0. The van der Waals surface area contributed by atoms with Crippen molar-refractivity contribution >= 4 is 21.8 Å². The second-order valence-corrected chi connectivity index (χ2v) is 5.45. The summed E-state index contributed by atoms with van der Waals surface area (Å²) in [4.78, 5) is 12.2. The van der Waals surface area contributed by atoms with Crippen LogP contribution in [-0.2, 0) is 4.79 Å². The van der Waals surface area contributed by atoms with Crippen molar-refractivity contribution in [2.75, 3.05) is 6.61 Å². The molecule has 1 heterocycles. The Balaban J connectivity index is 2.05. The highest BCUT2D eigenvalue weighted by molar-refractivity contribution is 9.10. The van der Waals surface area contributed by atoms with Crippen LogP contribution in [0.1, 0.15) is 30.2 Å². The second-order valence-electron chi connectivity index (χ2n) is 4.53. The third-order valence-corrected chi connectivity index (χ3v) is 3.68. The molecule has 2 unspecified atom stereocenters. The van der Waals surface area contributed by atoms with Gasteiger partial charge in [-0.2, -0.15) is 0 Å². The van der Waals surface area contributed by atoms with Gasteiger partial charge < -0.3 is 14.8 Å². The smallest absolute Gasteiger partial charge is 0.227 e. The van der Waals surface area contributed by atoms with Gasteiger partial charge in [0, 0.05) is 4.47 Å². The molecule has 106 valence electrons. The summed E-state index contributed by atoms with van der Waals surface area (Å²) in [5.41, 5.74) is 0.918. The average molecular weight is 338 g/mol. The van der Waals surface area contributed by atoms with Crippen LogP contribution in [0.25, 0.3) is 0 Å². The van der Waals surface area contributed by atoms with Crippen molar-refractivity contribution in [3.05, 3.63) is 58.5 Å².